The fraction of sp³-hybridized carbons (Fsp3) is 0.312. The molecule has 0 saturated heterocycles. The van der Waals surface area contributed by atoms with Crippen molar-refractivity contribution >= 4 is 34.2 Å². The number of nitrogens with one attached hydrogen (secondary N) is 1. The second-order valence-corrected chi connectivity index (χ2v) is 5.55. The Kier molecular flexibility index (Phi) is 3.91. The summed E-state index contributed by atoms with van der Waals surface area (Å²) in [5.74, 6) is 0.536. The first-order valence-corrected chi connectivity index (χ1v) is 6.68. The summed E-state index contributed by atoms with van der Waals surface area (Å²) in [6.45, 7) is 7.39. The molecule has 0 radical (unpaired) electrons. The zero-order valence-corrected chi connectivity index (χ0v) is 12.8. The van der Waals surface area contributed by atoms with Crippen LogP contribution in [-0.4, -0.2) is 9.55 Å². The van der Waals surface area contributed by atoms with E-state index in [2.05, 4.69) is 36.4 Å². The smallest absolute Gasteiger partial charge is 0.180 e. The molecule has 0 fully saturated rings. The van der Waals surface area contributed by atoms with E-state index in [0.717, 1.165) is 23.1 Å². The van der Waals surface area contributed by atoms with Gasteiger partial charge in [0.05, 0.1) is 11.0 Å². The van der Waals surface area contributed by atoms with Gasteiger partial charge in [0.15, 0.2) is 5.43 Å². The molecular weight excluding hydrogens is 272 g/mol. The minimum Gasteiger partial charge on any atom is -0.364 e. The largest absolute Gasteiger partial charge is 0.364 e. The number of rotatable bonds is 2. The molecule has 0 aliphatic rings. The number of hydrogen-bond acceptors (Lipinski definition) is 1. The van der Waals surface area contributed by atoms with Crippen molar-refractivity contribution in [3.63, 3.8) is 0 Å². The third-order valence-corrected chi connectivity index (χ3v) is 3.53. The number of halogens is 1. The highest BCUT2D eigenvalue weighted by atomic mass is 35.5. The normalized spacial score (nSPS) is 11.2. The molecule has 0 aliphatic carbocycles. The van der Waals surface area contributed by atoms with E-state index < -0.39 is 0 Å². The van der Waals surface area contributed by atoms with Crippen molar-refractivity contribution in [3.05, 3.63) is 46.4 Å². The second-order valence-electron chi connectivity index (χ2n) is 5.55. The Morgan fingerprint density at radius 3 is 2.65 bits per heavy atom. The highest BCUT2D eigenvalue weighted by Gasteiger charge is 2.13. The van der Waals surface area contributed by atoms with E-state index in [-0.39, 0.29) is 17.8 Å². The van der Waals surface area contributed by atoms with Crippen LogP contribution in [0.2, 0.25) is 0 Å². The molecule has 0 unspecified atom stereocenters. The van der Waals surface area contributed by atoms with E-state index >= 15 is 0 Å². The molecule has 0 spiro atoms. The van der Waals surface area contributed by atoms with Crippen LogP contribution in [0.15, 0.2) is 35.3 Å². The molecule has 0 saturated carbocycles. The third-order valence-electron chi connectivity index (χ3n) is 3.53. The lowest BCUT2D eigenvalue weighted by atomic mass is 10.2. The maximum absolute atomic E-state index is 11.7. The van der Waals surface area contributed by atoms with Crippen LogP contribution in [0.1, 0.15) is 19.5 Å². The monoisotopic (exact) mass is 290 g/mol. The summed E-state index contributed by atoms with van der Waals surface area (Å²) >= 11 is 0. The molecule has 4 heteroatoms. The van der Waals surface area contributed by atoms with Gasteiger partial charge in [-0.2, -0.15) is 0 Å². The first kappa shape index (κ1) is 14.7. The number of H-pyrrole nitrogens is 1. The standard InChI is InChI=1S/C16H18N2O.ClH/c1-10(2)9-18-15-8-12(19)4-5-13(15)14-6-7-17-11(3)16(14)18;/h4-8,10,17H,9H2,1-3H3;1H. The number of aromatic amines is 1. The first-order valence-electron chi connectivity index (χ1n) is 6.68. The Morgan fingerprint density at radius 1 is 1.20 bits per heavy atom. The average Bonchev–Trinajstić information content (AvgIpc) is 2.64. The van der Waals surface area contributed by atoms with Crippen LogP contribution < -0.4 is 5.43 Å². The molecule has 2 heterocycles. The van der Waals surface area contributed by atoms with Gasteiger partial charge in [0, 0.05) is 35.3 Å². The summed E-state index contributed by atoms with van der Waals surface area (Å²) in [5.41, 5.74) is 3.46. The van der Waals surface area contributed by atoms with Gasteiger partial charge in [-0.3, -0.25) is 4.79 Å². The van der Waals surface area contributed by atoms with Crippen LogP contribution in [0.25, 0.3) is 21.8 Å². The minimum absolute atomic E-state index is 0. The quantitative estimate of drug-likeness (QED) is 0.764. The van der Waals surface area contributed by atoms with Crippen molar-refractivity contribution in [2.24, 2.45) is 5.92 Å². The summed E-state index contributed by atoms with van der Waals surface area (Å²) in [7, 11) is 0. The molecule has 0 amide bonds. The summed E-state index contributed by atoms with van der Waals surface area (Å²) in [4.78, 5) is 14.9. The van der Waals surface area contributed by atoms with Crippen LogP contribution in [0.4, 0.5) is 0 Å². The lowest BCUT2D eigenvalue weighted by Gasteiger charge is -2.11. The molecule has 0 aliphatic heterocycles. The summed E-state index contributed by atoms with van der Waals surface area (Å²) in [5, 5.41) is 2.37. The fourth-order valence-corrected chi connectivity index (χ4v) is 2.80. The van der Waals surface area contributed by atoms with Crippen molar-refractivity contribution < 1.29 is 0 Å². The maximum Gasteiger partial charge on any atom is 0.180 e. The SMILES string of the molecule is Cc1[nH]ccc2c3ccc(=O)cc3n(CC(C)C)c12.Cl. The Balaban J connectivity index is 0.00000147. The van der Waals surface area contributed by atoms with E-state index in [9.17, 15) is 4.79 Å². The molecule has 3 nitrogen and oxygen atoms in total. The molecule has 2 aromatic heterocycles. The Bertz CT molecular complexity index is 814. The molecule has 20 heavy (non-hydrogen) atoms. The maximum atomic E-state index is 11.7. The summed E-state index contributed by atoms with van der Waals surface area (Å²) in [6, 6.07) is 7.42. The molecule has 106 valence electrons. The number of aryl methyl sites for hydroxylation is 1. The Morgan fingerprint density at radius 2 is 1.95 bits per heavy atom. The molecule has 3 aromatic rings. The van der Waals surface area contributed by atoms with Crippen molar-refractivity contribution in [2.45, 2.75) is 27.3 Å². The minimum atomic E-state index is 0. The molecule has 0 atom stereocenters. The van der Waals surface area contributed by atoms with Crippen LogP contribution in [0, 0.1) is 12.8 Å². The predicted molar refractivity (Wildman–Crippen MR) is 86.9 cm³/mol. The van der Waals surface area contributed by atoms with Gasteiger partial charge in [0.1, 0.15) is 0 Å². The Labute approximate surface area is 124 Å². The van der Waals surface area contributed by atoms with Gasteiger partial charge in [-0.1, -0.05) is 13.8 Å². The number of aromatic nitrogens is 2. The predicted octanol–water partition coefficient (Wildman–Crippen LogP) is 3.87. The molecule has 0 bridgehead atoms. The lowest BCUT2D eigenvalue weighted by molar-refractivity contribution is 0.544. The summed E-state index contributed by atoms with van der Waals surface area (Å²) < 4.78 is 2.27. The number of hydrogen-bond donors (Lipinski definition) is 1. The average molecular weight is 291 g/mol. The van der Waals surface area contributed by atoms with E-state index in [1.807, 2.05) is 12.3 Å². The van der Waals surface area contributed by atoms with Gasteiger partial charge in [0.2, 0.25) is 0 Å². The zero-order valence-electron chi connectivity index (χ0n) is 11.9. The van der Waals surface area contributed by atoms with E-state index in [4.69, 9.17) is 0 Å². The van der Waals surface area contributed by atoms with Crippen LogP contribution in [0.3, 0.4) is 0 Å². The first-order chi connectivity index (χ1) is 9.08. The fourth-order valence-electron chi connectivity index (χ4n) is 2.80. The van der Waals surface area contributed by atoms with Gasteiger partial charge in [-0.15, -0.1) is 12.4 Å². The van der Waals surface area contributed by atoms with Gasteiger partial charge in [0.25, 0.3) is 0 Å². The highest BCUT2D eigenvalue weighted by Crippen LogP contribution is 2.29. The van der Waals surface area contributed by atoms with Crippen LogP contribution in [0.5, 0.6) is 0 Å². The Hall–Kier alpha value is -1.74. The molecule has 1 aromatic carbocycles. The van der Waals surface area contributed by atoms with Gasteiger partial charge < -0.3 is 9.55 Å². The van der Waals surface area contributed by atoms with Gasteiger partial charge in [-0.05, 0) is 31.0 Å². The second kappa shape index (κ2) is 5.33. The van der Waals surface area contributed by atoms with Crippen molar-refractivity contribution in [1.29, 1.82) is 0 Å². The zero-order chi connectivity index (χ0) is 13.6. The van der Waals surface area contributed by atoms with Crippen molar-refractivity contribution in [2.75, 3.05) is 0 Å². The molecular formula is C16H19ClN2O. The van der Waals surface area contributed by atoms with E-state index in [1.54, 1.807) is 12.1 Å². The van der Waals surface area contributed by atoms with Gasteiger partial charge in [-0.25, -0.2) is 0 Å². The number of nitrogens with zero attached hydrogens (tertiary/aromatic N) is 1. The number of fused-ring (bicyclic) bond motifs is 3. The van der Waals surface area contributed by atoms with Crippen molar-refractivity contribution in [1.82, 2.24) is 9.55 Å². The highest BCUT2D eigenvalue weighted by molar-refractivity contribution is 6.08. The molecule has 3 rings (SSSR count). The van der Waals surface area contributed by atoms with E-state index in [1.165, 1.54) is 10.9 Å². The summed E-state index contributed by atoms with van der Waals surface area (Å²) in [6.07, 6.45) is 1.96. The van der Waals surface area contributed by atoms with Crippen molar-refractivity contribution in [3.8, 4) is 0 Å². The topological polar surface area (TPSA) is 37.8 Å². The van der Waals surface area contributed by atoms with Crippen LogP contribution in [-0.2, 0) is 6.54 Å². The third kappa shape index (κ3) is 2.22. The van der Waals surface area contributed by atoms with Crippen LogP contribution >= 0.6 is 12.4 Å². The number of benzene rings is 1. The number of pyridine rings is 1. The lowest BCUT2D eigenvalue weighted by Crippen LogP contribution is -2.06. The molecule has 1 N–H and O–H groups in total. The van der Waals surface area contributed by atoms with E-state index in [0.29, 0.717) is 5.92 Å². The van der Waals surface area contributed by atoms with Gasteiger partial charge >= 0.3 is 0 Å².